The van der Waals surface area contributed by atoms with Gasteiger partial charge in [0.05, 0.1) is 15.6 Å². The van der Waals surface area contributed by atoms with Gasteiger partial charge in [-0.05, 0) is 55.7 Å². The molecule has 3 rings (SSSR count). The van der Waals surface area contributed by atoms with Crippen LogP contribution in [0.2, 0.25) is 5.02 Å². The van der Waals surface area contributed by atoms with Crippen LogP contribution in [0, 0.1) is 6.92 Å². The third-order valence-corrected chi connectivity index (χ3v) is 8.14. The predicted octanol–water partition coefficient (Wildman–Crippen LogP) is 4.79. The second-order valence-corrected chi connectivity index (χ2v) is 11.0. The molecule has 0 aliphatic rings. The molecule has 0 saturated heterocycles. The fraction of sp³-hybridized carbons (Fsp3) is 0.286. The van der Waals surface area contributed by atoms with Gasteiger partial charge >= 0.3 is 0 Å². The molecule has 196 valence electrons. The van der Waals surface area contributed by atoms with Gasteiger partial charge in [-0.1, -0.05) is 73.1 Å². The van der Waals surface area contributed by atoms with Crippen molar-refractivity contribution in [3.8, 4) is 0 Å². The quantitative estimate of drug-likeness (QED) is 0.378. The molecular weight excluding hydrogens is 510 g/mol. The van der Waals surface area contributed by atoms with Crippen molar-refractivity contribution >= 4 is 39.1 Å². The number of aryl methyl sites for hydroxylation is 1. The fourth-order valence-electron chi connectivity index (χ4n) is 3.84. The standard InChI is InChI=1S/C28H32ClN3O4S/c1-4-18-30-28(34)22(3)31(19-23-13-9-8-12-21(23)2)27(33)20-32(26-17-11-10-16-25(26)29)37(35,36)24-14-6-5-7-15-24/h5-17,22H,4,18-20H2,1-3H3,(H,30,34)/t22-/m0/s1. The van der Waals surface area contributed by atoms with Gasteiger partial charge in [0.25, 0.3) is 10.0 Å². The summed E-state index contributed by atoms with van der Waals surface area (Å²) in [5.41, 5.74) is 2.00. The smallest absolute Gasteiger partial charge is 0.264 e. The average Bonchev–Trinajstić information content (AvgIpc) is 2.90. The molecule has 7 nitrogen and oxygen atoms in total. The summed E-state index contributed by atoms with van der Waals surface area (Å²) in [5, 5.41) is 3.02. The maximum absolute atomic E-state index is 13.8. The number of sulfonamides is 1. The van der Waals surface area contributed by atoms with Crippen LogP contribution in [0.15, 0.2) is 83.8 Å². The molecule has 0 aromatic heterocycles. The Morgan fingerprint density at radius 1 is 0.946 bits per heavy atom. The van der Waals surface area contributed by atoms with Crippen molar-refractivity contribution in [3.05, 3.63) is 95.0 Å². The van der Waals surface area contributed by atoms with E-state index in [4.69, 9.17) is 11.6 Å². The van der Waals surface area contributed by atoms with Gasteiger partial charge in [0.15, 0.2) is 0 Å². The minimum absolute atomic E-state index is 0.0295. The number of nitrogens with one attached hydrogen (secondary N) is 1. The number of hydrogen-bond donors (Lipinski definition) is 1. The first-order valence-corrected chi connectivity index (χ1v) is 13.9. The zero-order valence-corrected chi connectivity index (χ0v) is 22.8. The number of carbonyl (C=O) groups excluding carboxylic acids is 2. The molecular formula is C28H32ClN3O4S. The van der Waals surface area contributed by atoms with E-state index in [1.54, 1.807) is 49.4 Å². The molecule has 37 heavy (non-hydrogen) atoms. The van der Waals surface area contributed by atoms with Crippen LogP contribution in [-0.2, 0) is 26.2 Å². The van der Waals surface area contributed by atoms with E-state index >= 15 is 0 Å². The highest BCUT2D eigenvalue weighted by molar-refractivity contribution is 7.92. The summed E-state index contributed by atoms with van der Waals surface area (Å²) in [7, 11) is -4.15. The lowest BCUT2D eigenvalue weighted by Gasteiger charge is -2.32. The van der Waals surface area contributed by atoms with Crippen molar-refractivity contribution < 1.29 is 18.0 Å². The van der Waals surface area contributed by atoms with Gasteiger partial charge < -0.3 is 10.2 Å². The van der Waals surface area contributed by atoms with Crippen molar-refractivity contribution in [3.63, 3.8) is 0 Å². The van der Waals surface area contributed by atoms with Crippen LogP contribution in [0.5, 0.6) is 0 Å². The number of amides is 2. The predicted molar refractivity (Wildman–Crippen MR) is 147 cm³/mol. The van der Waals surface area contributed by atoms with Crippen LogP contribution in [0.25, 0.3) is 0 Å². The second kappa shape index (κ2) is 12.7. The third kappa shape index (κ3) is 6.90. The zero-order valence-electron chi connectivity index (χ0n) is 21.2. The van der Waals surface area contributed by atoms with Gasteiger partial charge in [-0.15, -0.1) is 0 Å². The molecule has 1 N–H and O–H groups in total. The Labute approximate surface area is 224 Å². The Kier molecular flexibility index (Phi) is 9.72. The molecule has 0 radical (unpaired) electrons. The first kappa shape index (κ1) is 28.2. The van der Waals surface area contributed by atoms with E-state index < -0.39 is 28.5 Å². The summed E-state index contributed by atoms with van der Waals surface area (Å²) < 4.78 is 28.4. The minimum Gasteiger partial charge on any atom is -0.354 e. The summed E-state index contributed by atoms with van der Waals surface area (Å²) in [6.07, 6.45) is 0.750. The number of benzene rings is 3. The van der Waals surface area contributed by atoms with Gasteiger partial charge in [-0.3, -0.25) is 13.9 Å². The van der Waals surface area contributed by atoms with Crippen molar-refractivity contribution in [2.24, 2.45) is 0 Å². The Balaban J connectivity index is 2.03. The van der Waals surface area contributed by atoms with E-state index in [9.17, 15) is 18.0 Å². The maximum atomic E-state index is 13.8. The van der Waals surface area contributed by atoms with Crippen LogP contribution in [0.1, 0.15) is 31.4 Å². The van der Waals surface area contributed by atoms with Crippen LogP contribution in [-0.4, -0.2) is 44.3 Å². The normalized spacial score (nSPS) is 12.0. The van der Waals surface area contributed by atoms with Gasteiger partial charge in [0.1, 0.15) is 12.6 Å². The highest BCUT2D eigenvalue weighted by Gasteiger charge is 2.33. The molecule has 0 fully saturated rings. The van der Waals surface area contributed by atoms with Gasteiger partial charge in [0, 0.05) is 13.1 Å². The topological polar surface area (TPSA) is 86.8 Å². The van der Waals surface area contributed by atoms with Crippen LogP contribution < -0.4 is 9.62 Å². The number of nitrogens with zero attached hydrogens (tertiary/aromatic N) is 2. The number of rotatable bonds is 11. The lowest BCUT2D eigenvalue weighted by Crippen LogP contribution is -2.51. The molecule has 0 unspecified atom stereocenters. The Hall–Kier alpha value is -3.36. The van der Waals surface area contributed by atoms with Gasteiger partial charge in [-0.25, -0.2) is 8.42 Å². The van der Waals surface area contributed by atoms with Crippen molar-refractivity contribution in [2.75, 3.05) is 17.4 Å². The summed E-state index contributed by atoms with van der Waals surface area (Å²) in [6, 6.07) is 21.1. The lowest BCUT2D eigenvalue weighted by atomic mass is 10.1. The minimum atomic E-state index is -4.15. The van der Waals surface area contributed by atoms with Crippen molar-refractivity contribution in [1.82, 2.24) is 10.2 Å². The Morgan fingerprint density at radius 2 is 1.57 bits per heavy atom. The molecule has 0 saturated carbocycles. The highest BCUT2D eigenvalue weighted by atomic mass is 35.5. The monoisotopic (exact) mass is 541 g/mol. The van der Waals surface area contributed by atoms with E-state index in [1.165, 1.54) is 17.0 Å². The van der Waals surface area contributed by atoms with Crippen LogP contribution in [0.4, 0.5) is 5.69 Å². The van der Waals surface area contributed by atoms with Gasteiger partial charge in [0.2, 0.25) is 11.8 Å². The summed E-state index contributed by atoms with van der Waals surface area (Å²) in [5.74, 6) is -0.833. The molecule has 9 heteroatoms. The number of anilines is 1. The number of carbonyl (C=O) groups is 2. The Bertz CT molecular complexity index is 1330. The molecule has 0 aliphatic heterocycles. The molecule has 2 amide bonds. The molecule has 0 heterocycles. The van der Waals surface area contributed by atoms with E-state index in [1.807, 2.05) is 38.1 Å². The molecule has 0 bridgehead atoms. The fourth-order valence-corrected chi connectivity index (χ4v) is 5.58. The van der Waals surface area contributed by atoms with E-state index in [2.05, 4.69) is 5.32 Å². The van der Waals surface area contributed by atoms with Gasteiger partial charge in [-0.2, -0.15) is 0 Å². The van der Waals surface area contributed by atoms with E-state index in [0.717, 1.165) is 21.9 Å². The number of para-hydroxylation sites is 1. The maximum Gasteiger partial charge on any atom is 0.264 e. The SMILES string of the molecule is CCCNC(=O)[C@H](C)N(Cc1ccccc1C)C(=O)CN(c1ccccc1Cl)S(=O)(=O)c1ccccc1. The summed E-state index contributed by atoms with van der Waals surface area (Å²) in [4.78, 5) is 28.2. The highest BCUT2D eigenvalue weighted by Crippen LogP contribution is 2.30. The molecule has 0 spiro atoms. The van der Waals surface area contributed by atoms with Crippen LogP contribution in [0.3, 0.4) is 0 Å². The molecule has 3 aromatic rings. The Morgan fingerprint density at radius 3 is 2.22 bits per heavy atom. The molecule has 3 aromatic carbocycles. The second-order valence-electron chi connectivity index (χ2n) is 8.69. The van der Waals surface area contributed by atoms with E-state index in [0.29, 0.717) is 6.54 Å². The molecule has 0 aliphatic carbocycles. The number of hydrogen-bond acceptors (Lipinski definition) is 4. The first-order valence-electron chi connectivity index (χ1n) is 12.1. The van der Waals surface area contributed by atoms with Crippen molar-refractivity contribution in [1.29, 1.82) is 0 Å². The number of halogens is 1. The third-order valence-electron chi connectivity index (χ3n) is 6.05. The first-order chi connectivity index (χ1) is 17.7. The van der Waals surface area contributed by atoms with Crippen LogP contribution >= 0.6 is 11.6 Å². The largest absolute Gasteiger partial charge is 0.354 e. The average molecular weight is 542 g/mol. The summed E-state index contributed by atoms with van der Waals surface area (Å²) in [6.45, 7) is 5.61. The van der Waals surface area contributed by atoms with E-state index in [-0.39, 0.29) is 28.1 Å². The zero-order chi connectivity index (χ0) is 27.0. The lowest BCUT2D eigenvalue weighted by molar-refractivity contribution is -0.139. The molecule has 1 atom stereocenters. The van der Waals surface area contributed by atoms with Crippen molar-refractivity contribution in [2.45, 2.75) is 44.7 Å². The summed E-state index contributed by atoms with van der Waals surface area (Å²) >= 11 is 6.40.